The molecule has 16 N–H and O–H groups in total. The van der Waals surface area contributed by atoms with Crippen LogP contribution in [-0.4, -0.2) is 106 Å². The first-order valence-electron chi connectivity index (χ1n) is 34.2. The largest absolute Gasteiger partial charge is 0.464 e. The van der Waals surface area contributed by atoms with Gasteiger partial charge in [0.2, 0.25) is 17.7 Å². The van der Waals surface area contributed by atoms with Crippen molar-refractivity contribution in [3.05, 3.63) is 179 Å². The molecule has 3 heterocycles. The van der Waals surface area contributed by atoms with Crippen molar-refractivity contribution in [2.45, 2.75) is 227 Å². The number of carbonyl (C=O) groups is 8. The lowest BCUT2D eigenvalue weighted by Crippen LogP contribution is -2.47. The van der Waals surface area contributed by atoms with Crippen LogP contribution in [0.1, 0.15) is 216 Å². The van der Waals surface area contributed by atoms with E-state index in [1.165, 1.54) is 31.2 Å². The molecule has 0 bridgehead atoms. The molecule has 2 aromatic carbocycles. The van der Waals surface area contributed by atoms with Crippen molar-refractivity contribution in [2.75, 3.05) is 6.61 Å². The molecule has 0 aliphatic carbocycles. The number of hydrogen-bond acceptors (Lipinski definition) is 21. The number of primary amides is 3. The normalized spacial score (nSPS) is 12.4. The number of aryl methyl sites for hydroxylation is 3. The van der Waals surface area contributed by atoms with Crippen molar-refractivity contribution in [1.29, 1.82) is 0 Å². The van der Waals surface area contributed by atoms with E-state index in [2.05, 4.69) is 41.6 Å². The SMILES string of the molecule is C/C(N)=C/C(N)=O.C/C(N)=C/C(N)=O.CC(=O)CC(N)=O.CCOC(=O)C(NC(=O)OC(C)(C)C)C(C)C.Cc1cc(=O)[nH]c(C(NC(=O)OC(C)(C)C)C(C)C)n1.Cc1cc(=O)n(Cc2ccccc2)c(C(N)C(C)C)n1.Cc1cc(=O)n(Cc2ccccc2)c(C(NC(=O)OC(C)(C)C)C(C)C)n1. The summed E-state index contributed by atoms with van der Waals surface area (Å²) in [4.78, 5) is 139. The second-order valence-electron chi connectivity index (χ2n) is 28.7. The Kier molecular flexibility index (Phi) is 43.2. The number of nitrogens with zero attached hydrogens (tertiary/aromatic N) is 5. The lowest BCUT2D eigenvalue weighted by Gasteiger charge is -2.27. The van der Waals surface area contributed by atoms with Crippen LogP contribution in [0.4, 0.5) is 14.4 Å². The van der Waals surface area contributed by atoms with Crippen molar-refractivity contribution >= 4 is 47.8 Å². The molecule has 0 spiro atoms. The summed E-state index contributed by atoms with van der Waals surface area (Å²) in [6.45, 7) is 44.5. The molecule has 0 aliphatic rings. The topological polar surface area (TPSA) is 481 Å². The quantitative estimate of drug-likeness (QED) is 0.0151. The van der Waals surface area contributed by atoms with Crippen molar-refractivity contribution in [3.8, 4) is 0 Å². The van der Waals surface area contributed by atoms with E-state index in [4.69, 9.17) is 47.6 Å². The molecule has 0 aliphatic heterocycles. The summed E-state index contributed by atoms with van der Waals surface area (Å²) < 4.78 is 23.9. The van der Waals surface area contributed by atoms with Gasteiger partial charge in [0, 0.05) is 58.8 Å². The number of hydrogen-bond donors (Lipinski definition) is 10. The van der Waals surface area contributed by atoms with Gasteiger partial charge in [-0.3, -0.25) is 42.7 Å². The molecule has 0 radical (unpaired) electrons. The lowest BCUT2D eigenvalue weighted by molar-refractivity contribution is -0.146. The number of benzene rings is 2. The maximum absolute atomic E-state index is 12.7. The van der Waals surface area contributed by atoms with Crippen LogP contribution >= 0.6 is 0 Å². The Hall–Kier alpha value is -10.5. The van der Waals surface area contributed by atoms with E-state index in [0.29, 0.717) is 59.0 Å². The molecular weight excluding hydrogens is 1350 g/mol. The molecule has 105 heavy (non-hydrogen) atoms. The highest BCUT2D eigenvalue weighted by Crippen LogP contribution is 2.23. The first-order valence-corrected chi connectivity index (χ1v) is 34.2. The predicted octanol–water partition coefficient (Wildman–Crippen LogP) is 8.60. The molecule has 0 saturated carbocycles. The molecule has 30 nitrogen and oxygen atoms in total. The Balaban J connectivity index is 0. The summed E-state index contributed by atoms with van der Waals surface area (Å²) in [7, 11) is 0. The maximum Gasteiger partial charge on any atom is 0.408 e. The number of aromatic nitrogens is 6. The van der Waals surface area contributed by atoms with E-state index < -0.39 is 76.9 Å². The van der Waals surface area contributed by atoms with Crippen LogP contribution in [-0.2, 0) is 56.0 Å². The van der Waals surface area contributed by atoms with Crippen LogP contribution < -0.4 is 67.0 Å². The van der Waals surface area contributed by atoms with Crippen LogP contribution in [0.25, 0.3) is 0 Å². The number of H-pyrrole nitrogens is 1. The second kappa shape index (κ2) is 47.0. The molecular formula is C75H119N15O15. The van der Waals surface area contributed by atoms with Gasteiger partial charge < -0.3 is 74.3 Å². The van der Waals surface area contributed by atoms with Gasteiger partial charge in [0.15, 0.2) is 0 Å². The molecule has 5 rings (SSSR count). The average molecular weight is 1470 g/mol. The molecule has 584 valence electrons. The third-order valence-electron chi connectivity index (χ3n) is 12.9. The Morgan fingerprint density at radius 2 is 0.876 bits per heavy atom. The molecule has 0 fully saturated rings. The molecule has 3 aromatic heterocycles. The van der Waals surface area contributed by atoms with Crippen LogP contribution in [0.15, 0.2) is 117 Å². The van der Waals surface area contributed by atoms with Gasteiger partial charge in [-0.25, -0.2) is 34.1 Å². The van der Waals surface area contributed by atoms with Gasteiger partial charge in [-0.15, -0.1) is 0 Å². The molecule has 5 aromatic rings. The number of ketones is 1. The van der Waals surface area contributed by atoms with E-state index in [1.54, 1.807) is 91.4 Å². The van der Waals surface area contributed by atoms with Crippen molar-refractivity contribution < 1.29 is 57.3 Å². The van der Waals surface area contributed by atoms with Crippen LogP contribution in [0, 0.1) is 44.4 Å². The number of ether oxygens (including phenoxy) is 4. The Bertz CT molecular complexity index is 3780. The zero-order valence-corrected chi connectivity index (χ0v) is 65.9. The predicted molar refractivity (Wildman–Crippen MR) is 406 cm³/mol. The Morgan fingerprint density at radius 1 is 0.514 bits per heavy atom. The van der Waals surface area contributed by atoms with Crippen LogP contribution in [0.2, 0.25) is 0 Å². The minimum Gasteiger partial charge on any atom is -0.464 e. The van der Waals surface area contributed by atoms with Gasteiger partial charge in [0.1, 0.15) is 46.1 Å². The van der Waals surface area contributed by atoms with E-state index in [1.807, 2.05) is 144 Å². The van der Waals surface area contributed by atoms with Gasteiger partial charge >= 0.3 is 24.2 Å². The Labute approximate surface area is 618 Å². The first-order chi connectivity index (χ1) is 48.2. The molecule has 0 saturated heterocycles. The average Bonchev–Trinajstić information content (AvgIpc) is 0.806. The van der Waals surface area contributed by atoms with Gasteiger partial charge in [-0.1, -0.05) is 116 Å². The van der Waals surface area contributed by atoms with Gasteiger partial charge in [0.05, 0.1) is 44.2 Å². The van der Waals surface area contributed by atoms with Gasteiger partial charge in [-0.2, -0.15) is 0 Å². The number of Topliss-reactive ketones (excluding diaryl/α,β-unsaturated/α-hetero) is 1. The second-order valence-corrected chi connectivity index (χ2v) is 28.7. The minimum absolute atomic E-state index is 0.0215. The highest BCUT2D eigenvalue weighted by molar-refractivity contribution is 5.95. The number of esters is 1. The van der Waals surface area contributed by atoms with Crippen molar-refractivity contribution in [1.82, 2.24) is 45.0 Å². The number of alkyl carbamates (subject to hydrolysis) is 3. The summed E-state index contributed by atoms with van der Waals surface area (Å²) in [5.74, 6) is -0.296. The first kappa shape index (κ1) is 96.5. The molecule has 4 atom stereocenters. The van der Waals surface area contributed by atoms with Gasteiger partial charge in [-0.05, 0) is 146 Å². The Morgan fingerprint density at radius 3 is 1.17 bits per heavy atom. The fraction of sp³-hybridized carbons (Fsp3) is 0.520. The third-order valence-corrected chi connectivity index (χ3v) is 12.9. The number of amides is 6. The number of carbonyl (C=O) groups excluding carboxylic acids is 8. The van der Waals surface area contributed by atoms with Crippen LogP contribution in [0.5, 0.6) is 0 Å². The van der Waals surface area contributed by atoms with E-state index in [-0.39, 0.29) is 65.2 Å². The summed E-state index contributed by atoms with van der Waals surface area (Å²) in [6, 6.07) is 22.3. The standard InChI is InChI=1S/C21H29N3O3.C16H21N3O.C14H23N3O3.C12H23NO4.2C4H8N2O.C4H7NO2/c1-14(2)18(23-20(26)27-21(4,5)6)19-22-15(3)12-17(25)24(19)13-16-10-8-7-9-11-16;1-11(2)15(17)16-18-12(3)9-14(20)19(16)10-13-7-5-4-6-8-13;1-8(2)11(17-13(19)20-14(4,5)6)12-15-9(3)7-10(18)16-12;1-7-16-10(14)9(8(2)3)13-11(15)17-12(4,5)6;2*1-3(5)2-4(6)7;1-3(6)2-4(5)7/h7-12,14,18H,13H2,1-6H3,(H,23,26);4-9,11,15H,10,17H2,1-3H3;7-8,11H,1-6H3,(H,17,19)(H,15,16,18);8-9H,7H2,1-6H3,(H,13,15);2*2H,5H2,1H3,(H2,6,7);2H2,1H3,(H2,5,7)/b;;;;2*3-2-;. The zero-order chi connectivity index (χ0) is 81.6. The number of allylic oxidation sites excluding steroid dienone is 2. The van der Waals surface area contributed by atoms with Crippen molar-refractivity contribution in [3.63, 3.8) is 0 Å². The summed E-state index contributed by atoms with van der Waals surface area (Å²) in [6.07, 6.45) is 0.535. The third kappa shape index (κ3) is 45.3. The van der Waals surface area contributed by atoms with Crippen LogP contribution in [0.3, 0.4) is 0 Å². The van der Waals surface area contributed by atoms with E-state index >= 15 is 0 Å². The zero-order valence-electron chi connectivity index (χ0n) is 65.9. The number of aromatic amines is 1. The van der Waals surface area contributed by atoms with Crippen molar-refractivity contribution in [2.24, 2.45) is 58.1 Å². The number of nitrogens with one attached hydrogen (secondary N) is 4. The molecule has 6 amide bonds. The fourth-order valence-electron chi connectivity index (χ4n) is 8.48. The minimum atomic E-state index is -0.676. The molecule has 30 heteroatoms. The summed E-state index contributed by atoms with van der Waals surface area (Å²) >= 11 is 0. The highest BCUT2D eigenvalue weighted by atomic mass is 16.6. The number of nitrogens with two attached hydrogens (primary N) is 6. The van der Waals surface area contributed by atoms with Gasteiger partial charge in [0.25, 0.3) is 16.7 Å². The highest BCUT2D eigenvalue weighted by Gasteiger charge is 2.30. The maximum atomic E-state index is 12.7. The monoisotopic (exact) mass is 1470 g/mol. The van der Waals surface area contributed by atoms with E-state index in [0.717, 1.165) is 11.1 Å². The number of rotatable bonds is 20. The summed E-state index contributed by atoms with van der Waals surface area (Å²) in [5.41, 5.74) is 33.0. The lowest BCUT2D eigenvalue weighted by atomic mass is 10.0. The van der Waals surface area contributed by atoms with E-state index in [9.17, 15) is 52.7 Å². The fourth-order valence-corrected chi connectivity index (χ4v) is 8.48. The smallest absolute Gasteiger partial charge is 0.408 e. The summed E-state index contributed by atoms with van der Waals surface area (Å²) in [5, 5.41) is 8.16. The molecule has 4 unspecified atom stereocenters.